The number of hydrogen-bond acceptors (Lipinski definition) is 6. The van der Waals surface area contributed by atoms with Crippen LogP contribution in [0.2, 0.25) is 25.7 Å². The molecule has 2 aromatic rings. The molecule has 224 valence electrons. The fourth-order valence-corrected chi connectivity index (χ4v) is 6.14. The fraction of sp³-hybridized carbons (Fsp3) is 0.625. The van der Waals surface area contributed by atoms with E-state index in [-0.39, 0.29) is 24.1 Å². The minimum absolute atomic E-state index is 0.0815. The molecule has 8 nitrogen and oxygen atoms in total. The molecule has 1 fully saturated rings. The molecule has 1 aliphatic carbocycles. The molecule has 0 N–H and O–H groups in total. The number of amides is 1. The summed E-state index contributed by atoms with van der Waals surface area (Å²) in [5.41, 5.74) is 4.34. The molecular formula is C32H48N4O4Si. The molecule has 1 amide bonds. The van der Waals surface area contributed by atoms with Gasteiger partial charge in [0.1, 0.15) is 18.7 Å². The molecule has 2 heterocycles. The average Bonchev–Trinajstić information content (AvgIpc) is 3.40. The number of aromatic nitrogens is 3. The number of nitrogens with zero attached hydrogens (tertiary/aromatic N) is 4. The van der Waals surface area contributed by atoms with E-state index in [2.05, 4.69) is 54.0 Å². The Morgan fingerprint density at radius 2 is 1.85 bits per heavy atom. The summed E-state index contributed by atoms with van der Waals surface area (Å²) in [5.74, 6) is 0.530. The highest BCUT2D eigenvalue weighted by Crippen LogP contribution is 2.35. The summed E-state index contributed by atoms with van der Waals surface area (Å²) in [6, 6.07) is 7.67. The van der Waals surface area contributed by atoms with E-state index < -0.39 is 13.7 Å². The fourth-order valence-electron chi connectivity index (χ4n) is 5.38. The Balaban J connectivity index is 1.43. The average molecular weight is 581 g/mol. The van der Waals surface area contributed by atoms with Crippen molar-refractivity contribution in [2.45, 2.75) is 110 Å². The quantitative estimate of drug-likeness (QED) is 0.169. The van der Waals surface area contributed by atoms with Crippen LogP contribution in [0.5, 0.6) is 0 Å². The molecule has 1 saturated heterocycles. The molecule has 0 atom stereocenters. The number of allylic oxidation sites excluding steroid dienone is 2. The van der Waals surface area contributed by atoms with Crippen LogP contribution >= 0.6 is 0 Å². The third-order valence-corrected chi connectivity index (χ3v) is 9.45. The van der Waals surface area contributed by atoms with Crippen molar-refractivity contribution in [3.05, 3.63) is 53.1 Å². The number of carbonyl (C=O) groups excluding carboxylic acids is 2. The SMILES string of the molecule is CC(C)(C)OC(=O)N1CCC(c2ccc(CC(=O)c3ncn(COCC[Si](C)(C)C)n3)c(C3=CCCCC3)c2)CC1. The highest BCUT2D eigenvalue weighted by atomic mass is 28.3. The van der Waals surface area contributed by atoms with E-state index in [4.69, 9.17) is 9.47 Å². The minimum Gasteiger partial charge on any atom is -0.444 e. The van der Waals surface area contributed by atoms with Gasteiger partial charge >= 0.3 is 6.09 Å². The number of hydrogen-bond donors (Lipinski definition) is 0. The number of ether oxygens (including phenoxy) is 2. The summed E-state index contributed by atoms with van der Waals surface area (Å²) in [5, 5.41) is 4.40. The van der Waals surface area contributed by atoms with Crippen LogP contribution in [0.4, 0.5) is 4.79 Å². The van der Waals surface area contributed by atoms with Gasteiger partial charge in [-0.2, -0.15) is 0 Å². The lowest BCUT2D eigenvalue weighted by atomic mass is 9.83. The summed E-state index contributed by atoms with van der Waals surface area (Å²) in [7, 11) is -1.15. The van der Waals surface area contributed by atoms with Crippen LogP contribution in [0.15, 0.2) is 30.6 Å². The number of rotatable bonds is 10. The molecular weight excluding hydrogens is 532 g/mol. The molecule has 41 heavy (non-hydrogen) atoms. The van der Waals surface area contributed by atoms with Gasteiger partial charge in [-0.05, 0) is 93.5 Å². The van der Waals surface area contributed by atoms with E-state index in [1.165, 1.54) is 29.5 Å². The second kappa shape index (κ2) is 13.5. The van der Waals surface area contributed by atoms with Gasteiger partial charge in [-0.3, -0.25) is 4.79 Å². The van der Waals surface area contributed by atoms with Crippen molar-refractivity contribution in [2.75, 3.05) is 19.7 Å². The van der Waals surface area contributed by atoms with Gasteiger partial charge in [0.25, 0.3) is 0 Å². The van der Waals surface area contributed by atoms with Gasteiger partial charge in [0.2, 0.25) is 11.6 Å². The first kappa shape index (κ1) is 31.2. The molecule has 9 heteroatoms. The van der Waals surface area contributed by atoms with E-state index in [1.54, 1.807) is 11.0 Å². The molecule has 1 aromatic heterocycles. The van der Waals surface area contributed by atoms with Crippen molar-refractivity contribution in [3.8, 4) is 0 Å². The normalized spacial score (nSPS) is 16.9. The van der Waals surface area contributed by atoms with Gasteiger partial charge in [-0.1, -0.05) is 43.9 Å². The van der Waals surface area contributed by atoms with Crippen molar-refractivity contribution in [2.24, 2.45) is 0 Å². The third kappa shape index (κ3) is 9.36. The van der Waals surface area contributed by atoms with Crippen molar-refractivity contribution in [1.29, 1.82) is 0 Å². The Bertz CT molecular complexity index is 1230. The molecule has 0 bridgehead atoms. The van der Waals surface area contributed by atoms with Crippen LogP contribution in [0.1, 0.15) is 92.5 Å². The van der Waals surface area contributed by atoms with Crippen molar-refractivity contribution in [3.63, 3.8) is 0 Å². The smallest absolute Gasteiger partial charge is 0.410 e. The van der Waals surface area contributed by atoms with Gasteiger partial charge < -0.3 is 14.4 Å². The summed E-state index contributed by atoms with van der Waals surface area (Å²) in [6.07, 6.45) is 10.2. The molecule has 0 spiro atoms. The number of ketones is 1. The van der Waals surface area contributed by atoms with Crippen LogP contribution < -0.4 is 0 Å². The van der Waals surface area contributed by atoms with E-state index in [9.17, 15) is 9.59 Å². The van der Waals surface area contributed by atoms with Crippen molar-refractivity contribution in [1.82, 2.24) is 19.7 Å². The topological polar surface area (TPSA) is 86.6 Å². The maximum Gasteiger partial charge on any atom is 0.410 e. The van der Waals surface area contributed by atoms with Crippen LogP contribution in [-0.4, -0.2) is 64.9 Å². The summed E-state index contributed by atoms with van der Waals surface area (Å²) in [4.78, 5) is 31.9. The lowest BCUT2D eigenvalue weighted by molar-refractivity contribution is 0.0204. The first-order valence-electron chi connectivity index (χ1n) is 15.2. The van der Waals surface area contributed by atoms with Gasteiger partial charge in [0, 0.05) is 34.2 Å². The molecule has 1 aliphatic heterocycles. The number of carbonyl (C=O) groups is 2. The van der Waals surface area contributed by atoms with Gasteiger partial charge in [0.15, 0.2) is 0 Å². The lowest BCUT2D eigenvalue weighted by Gasteiger charge is -2.34. The zero-order valence-electron chi connectivity index (χ0n) is 25.9. The van der Waals surface area contributed by atoms with Crippen molar-refractivity contribution < 1.29 is 19.1 Å². The minimum atomic E-state index is -1.15. The predicted molar refractivity (Wildman–Crippen MR) is 165 cm³/mol. The Hall–Kier alpha value is -2.78. The van der Waals surface area contributed by atoms with Gasteiger partial charge in [-0.25, -0.2) is 14.5 Å². The second-order valence-electron chi connectivity index (χ2n) is 13.7. The Morgan fingerprint density at radius 1 is 1.10 bits per heavy atom. The van der Waals surface area contributed by atoms with E-state index >= 15 is 0 Å². The van der Waals surface area contributed by atoms with E-state index in [0.29, 0.717) is 32.3 Å². The number of Topliss-reactive ketones (excluding diaryl/α,β-unsaturated/α-hetero) is 1. The summed E-state index contributed by atoms with van der Waals surface area (Å²) >= 11 is 0. The van der Waals surface area contributed by atoms with Crippen molar-refractivity contribution >= 4 is 25.5 Å². The van der Waals surface area contributed by atoms with Crippen LogP contribution in [0.25, 0.3) is 5.57 Å². The first-order valence-corrected chi connectivity index (χ1v) is 18.9. The maximum absolute atomic E-state index is 13.3. The number of benzene rings is 1. The number of piperidine rings is 1. The number of likely N-dealkylation sites (tertiary alicyclic amines) is 1. The molecule has 4 rings (SSSR count). The molecule has 2 aliphatic rings. The first-order chi connectivity index (χ1) is 19.4. The highest BCUT2D eigenvalue weighted by Gasteiger charge is 2.28. The maximum atomic E-state index is 13.3. The summed E-state index contributed by atoms with van der Waals surface area (Å²) in [6.45, 7) is 15.1. The predicted octanol–water partition coefficient (Wildman–Crippen LogP) is 7.09. The monoisotopic (exact) mass is 580 g/mol. The van der Waals surface area contributed by atoms with Gasteiger partial charge in [0.05, 0.1) is 0 Å². The Kier molecular flexibility index (Phi) is 10.2. The Labute approximate surface area is 246 Å². The molecule has 0 radical (unpaired) electrons. The highest BCUT2D eigenvalue weighted by molar-refractivity contribution is 6.76. The summed E-state index contributed by atoms with van der Waals surface area (Å²) < 4.78 is 12.9. The van der Waals surface area contributed by atoms with E-state index in [0.717, 1.165) is 37.3 Å². The molecule has 1 aromatic carbocycles. The Morgan fingerprint density at radius 3 is 2.51 bits per heavy atom. The second-order valence-corrected chi connectivity index (χ2v) is 19.3. The standard InChI is InChI=1S/C32H48N4O4Si/c1-32(2,3)40-31(38)35-16-14-24(15-17-35)26-12-13-27(28(20-26)25-10-8-7-9-11-25)21-29(37)30-33-22-36(34-30)23-39-18-19-41(4,5)6/h10,12-13,20,22,24H,7-9,11,14-19,21,23H2,1-6H3. The molecule has 0 unspecified atom stereocenters. The zero-order valence-corrected chi connectivity index (χ0v) is 26.9. The zero-order chi connectivity index (χ0) is 29.6. The van der Waals surface area contributed by atoms with E-state index in [1.807, 2.05) is 25.7 Å². The largest absolute Gasteiger partial charge is 0.444 e. The van der Waals surface area contributed by atoms with Crippen LogP contribution in [0, 0.1) is 0 Å². The lowest BCUT2D eigenvalue weighted by Crippen LogP contribution is -2.41. The molecule has 0 saturated carbocycles. The van der Waals surface area contributed by atoms with Crippen LogP contribution in [0.3, 0.4) is 0 Å². The third-order valence-electron chi connectivity index (χ3n) is 7.75. The van der Waals surface area contributed by atoms with Crippen LogP contribution in [-0.2, 0) is 22.6 Å². The van der Waals surface area contributed by atoms with Gasteiger partial charge in [-0.15, -0.1) is 5.10 Å².